The van der Waals surface area contributed by atoms with E-state index in [9.17, 15) is 0 Å². The highest BCUT2D eigenvalue weighted by Gasteiger charge is 2.07. The van der Waals surface area contributed by atoms with Crippen molar-refractivity contribution in [2.45, 2.75) is 13.0 Å². The van der Waals surface area contributed by atoms with Gasteiger partial charge in [-0.3, -0.25) is 0 Å². The van der Waals surface area contributed by atoms with E-state index in [0.717, 1.165) is 11.0 Å². The standard InChI is InChI=1S/C11H20N2.2BrH/c1-13(2,3)11-7-10-12-8-5-4-6-9-12;;/h4-6,8-9H,7,10-11H2,1-3H3;2*1H/q+2;;/p-2. The summed E-state index contributed by atoms with van der Waals surface area (Å²) in [4.78, 5) is 0. The Morgan fingerprint density at radius 2 is 1.47 bits per heavy atom. The fourth-order valence-electron chi connectivity index (χ4n) is 1.31. The summed E-state index contributed by atoms with van der Waals surface area (Å²) in [5.74, 6) is 0. The number of pyridine rings is 1. The summed E-state index contributed by atoms with van der Waals surface area (Å²) in [6, 6.07) is 6.20. The molecule has 0 atom stereocenters. The first-order valence-corrected chi connectivity index (χ1v) is 4.82. The molecule has 2 nitrogen and oxygen atoms in total. The maximum Gasteiger partial charge on any atom is 0.168 e. The molecule has 15 heavy (non-hydrogen) atoms. The van der Waals surface area contributed by atoms with E-state index < -0.39 is 0 Å². The second-order valence-electron chi connectivity index (χ2n) is 4.48. The third kappa shape index (κ3) is 9.03. The predicted octanol–water partition coefficient (Wildman–Crippen LogP) is -4.92. The molecule has 0 saturated heterocycles. The van der Waals surface area contributed by atoms with Crippen molar-refractivity contribution in [3.05, 3.63) is 30.6 Å². The SMILES string of the molecule is C[N+](C)(C)CCC[n+]1ccccc1.[Br-].[Br-]. The Labute approximate surface area is 114 Å². The van der Waals surface area contributed by atoms with E-state index in [1.165, 1.54) is 13.0 Å². The van der Waals surface area contributed by atoms with Crippen LogP contribution in [-0.2, 0) is 6.54 Å². The van der Waals surface area contributed by atoms with E-state index in [1.807, 2.05) is 0 Å². The van der Waals surface area contributed by atoms with Crippen LogP contribution in [0.5, 0.6) is 0 Å². The van der Waals surface area contributed by atoms with Gasteiger partial charge in [0.15, 0.2) is 18.9 Å². The maximum absolute atomic E-state index is 2.23. The third-order valence-corrected chi connectivity index (χ3v) is 2.02. The van der Waals surface area contributed by atoms with E-state index in [2.05, 4.69) is 56.3 Å². The lowest BCUT2D eigenvalue weighted by Crippen LogP contribution is -3.00. The molecule has 0 unspecified atom stereocenters. The highest BCUT2D eigenvalue weighted by atomic mass is 79.9. The molecule has 0 N–H and O–H groups in total. The number of nitrogens with zero attached hydrogens (tertiary/aromatic N) is 2. The summed E-state index contributed by atoms with van der Waals surface area (Å²) in [6.45, 7) is 2.35. The van der Waals surface area contributed by atoms with E-state index in [0.29, 0.717) is 0 Å². The van der Waals surface area contributed by atoms with Gasteiger partial charge in [0, 0.05) is 12.1 Å². The average molecular weight is 340 g/mol. The summed E-state index contributed by atoms with van der Waals surface area (Å²) < 4.78 is 3.28. The van der Waals surface area contributed by atoms with Crippen LogP contribution in [0, 0.1) is 0 Å². The smallest absolute Gasteiger partial charge is 0.168 e. The van der Waals surface area contributed by atoms with Gasteiger partial charge < -0.3 is 38.4 Å². The van der Waals surface area contributed by atoms with Crippen LogP contribution in [-0.4, -0.2) is 32.2 Å². The molecule has 1 rings (SSSR count). The van der Waals surface area contributed by atoms with Crippen LogP contribution in [0.4, 0.5) is 0 Å². The third-order valence-electron chi connectivity index (χ3n) is 2.02. The number of hydrogen-bond donors (Lipinski definition) is 0. The van der Waals surface area contributed by atoms with E-state index in [4.69, 9.17) is 0 Å². The molecule has 0 aliphatic rings. The molecule has 4 heteroatoms. The number of aromatic nitrogens is 1. The second kappa shape index (κ2) is 8.25. The lowest BCUT2D eigenvalue weighted by Gasteiger charge is -2.22. The maximum atomic E-state index is 2.23. The monoisotopic (exact) mass is 338 g/mol. The Hall–Kier alpha value is 0.0700. The minimum Gasteiger partial charge on any atom is -1.00 e. The molecule has 0 aliphatic carbocycles. The van der Waals surface area contributed by atoms with Gasteiger partial charge in [0.25, 0.3) is 0 Å². The molecular formula is C11H20Br2N2. The van der Waals surface area contributed by atoms with Crippen LogP contribution >= 0.6 is 0 Å². The van der Waals surface area contributed by atoms with Gasteiger partial charge in [-0.15, -0.1) is 0 Å². The molecule has 1 aromatic rings. The lowest BCUT2D eigenvalue weighted by atomic mass is 10.3. The van der Waals surface area contributed by atoms with Crippen molar-refractivity contribution < 1.29 is 43.0 Å². The first-order valence-electron chi connectivity index (χ1n) is 4.82. The Kier molecular flexibility index (Phi) is 9.60. The highest BCUT2D eigenvalue weighted by molar-refractivity contribution is 4.83. The van der Waals surface area contributed by atoms with Crippen LogP contribution < -0.4 is 38.5 Å². The number of rotatable bonds is 4. The van der Waals surface area contributed by atoms with Crippen LogP contribution in [0.25, 0.3) is 0 Å². The molecule has 0 radical (unpaired) electrons. The summed E-state index contributed by atoms with van der Waals surface area (Å²) in [5.41, 5.74) is 0. The van der Waals surface area contributed by atoms with Crippen LogP contribution in [0.3, 0.4) is 0 Å². The van der Waals surface area contributed by atoms with Crippen molar-refractivity contribution in [3.63, 3.8) is 0 Å². The van der Waals surface area contributed by atoms with Gasteiger partial charge >= 0.3 is 0 Å². The van der Waals surface area contributed by atoms with Crippen molar-refractivity contribution in [2.75, 3.05) is 27.7 Å². The van der Waals surface area contributed by atoms with Crippen molar-refractivity contribution >= 4 is 0 Å². The van der Waals surface area contributed by atoms with Gasteiger partial charge in [0.2, 0.25) is 0 Å². The molecule has 1 heterocycles. The highest BCUT2D eigenvalue weighted by Crippen LogP contribution is 1.92. The molecule has 0 aliphatic heterocycles. The number of halogens is 2. The zero-order valence-corrected chi connectivity index (χ0v) is 12.8. The molecule has 0 amide bonds. The van der Waals surface area contributed by atoms with Gasteiger partial charge in [-0.1, -0.05) is 6.07 Å². The molecule has 1 aromatic heterocycles. The molecule has 0 aromatic carbocycles. The summed E-state index contributed by atoms with van der Waals surface area (Å²) in [5, 5.41) is 0. The minimum atomic E-state index is 0. The van der Waals surface area contributed by atoms with E-state index >= 15 is 0 Å². The van der Waals surface area contributed by atoms with Gasteiger partial charge in [0.1, 0.15) is 0 Å². The molecule has 0 saturated carbocycles. The Balaban J connectivity index is 0. The lowest BCUT2D eigenvalue weighted by molar-refractivity contribution is -0.873. The van der Waals surface area contributed by atoms with Crippen molar-refractivity contribution in [1.29, 1.82) is 0 Å². The minimum absolute atomic E-state index is 0. The first kappa shape index (κ1) is 17.5. The number of quaternary nitrogens is 1. The van der Waals surface area contributed by atoms with Crippen LogP contribution in [0.15, 0.2) is 30.6 Å². The Morgan fingerprint density at radius 1 is 0.933 bits per heavy atom. The Bertz CT molecular complexity index is 245. The van der Waals surface area contributed by atoms with Gasteiger partial charge in [-0.2, -0.15) is 0 Å². The van der Waals surface area contributed by atoms with Crippen LogP contribution in [0.1, 0.15) is 6.42 Å². The molecule has 0 bridgehead atoms. The van der Waals surface area contributed by atoms with Crippen molar-refractivity contribution in [2.24, 2.45) is 0 Å². The van der Waals surface area contributed by atoms with Gasteiger partial charge in [-0.25, -0.2) is 4.57 Å². The molecular weight excluding hydrogens is 320 g/mol. The van der Waals surface area contributed by atoms with Crippen LogP contribution in [0.2, 0.25) is 0 Å². The van der Waals surface area contributed by atoms with Crippen molar-refractivity contribution in [1.82, 2.24) is 0 Å². The zero-order valence-electron chi connectivity index (χ0n) is 9.66. The Morgan fingerprint density at radius 3 is 1.93 bits per heavy atom. The molecule has 0 fully saturated rings. The summed E-state index contributed by atoms with van der Waals surface area (Å²) in [7, 11) is 6.70. The zero-order chi connectivity index (χ0) is 9.73. The fourth-order valence-corrected chi connectivity index (χ4v) is 1.31. The van der Waals surface area contributed by atoms with E-state index in [1.54, 1.807) is 0 Å². The first-order chi connectivity index (χ1) is 6.08. The predicted molar refractivity (Wildman–Crippen MR) is 54.2 cm³/mol. The molecule has 88 valence electrons. The van der Waals surface area contributed by atoms with Crippen molar-refractivity contribution in [3.8, 4) is 0 Å². The van der Waals surface area contributed by atoms with Gasteiger partial charge in [-0.05, 0) is 0 Å². The van der Waals surface area contributed by atoms with E-state index in [-0.39, 0.29) is 34.0 Å². The fraction of sp³-hybridized carbons (Fsp3) is 0.545. The molecule has 0 spiro atoms. The number of aryl methyl sites for hydroxylation is 1. The normalized spacial score (nSPS) is 10.1. The van der Waals surface area contributed by atoms with Gasteiger partial charge in [0.05, 0.1) is 34.1 Å². The second-order valence-corrected chi connectivity index (χ2v) is 4.48. The largest absolute Gasteiger partial charge is 1.00 e. The summed E-state index contributed by atoms with van der Waals surface area (Å²) >= 11 is 0. The topological polar surface area (TPSA) is 3.88 Å². The summed E-state index contributed by atoms with van der Waals surface area (Å²) in [6.07, 6.45) is 5.48. The quantitative estimate of drug-likeness (QED) is 0.382. The average Bonchev–Trinajstić information content (AvgIpc) is 2.04. The number of hydrogen-bond acceptors (Lipinski definition) is 0.